The lowest BCUT2D eigenvalue weighted by atomic mass is 9.97. The summed E-state index contributed by atoms with van der Waals surface area (Å²) in [6, 6.07) is 17.2. The van der Waals surface area contributed by atoms with E-state index in [0.717, 1.165) is 47.0 Å². The first-order chi connectivity index (χ1) is 15.1. The molecule has 0 aliphatic carbocycles. The van der Waals surface area contributed by atoms with Gasteiger partial charge < -0.3 is 19.6 Å². The molecule has 3 heterocycles. The van der Waals surface area contributed by atoms with Gasteiger partial charge in [-0.3, -0.25) is 9.59 Å². The van der Waals surface area contributed by atoms with Crippen LogP contribution in [0, 0.1) is 12.8 Å². The van der Waals surface area contributed by atoms with Crippen molar-refractivity contribution < 1.29 is 14.0 Å². The molecule has 31 heavy (non-hydrogen) atoms. The van der Waals surface area contributed by atoms with Crippen molar-refractivity contribution in [1.29, 1.82) is 0 Å². The minimum absolute atomic E-state index is 0.0346. The number of fused-ring (bicyclic) bond motifs is 2. The van der Waals surface area contributed by atoms with Gasteiger partial charge in [0.05, 0.1) is 0 Å². The Labute approximate surface area is 180 Å². The Morgan fingerprint density at radius 3 is 2.87 bits per heavy atom. The summed E-state index contributed by atoms with van der Waals surface area (Å²) in [5, 5.41) is 5.00. The van der Waals surface area contributed by atoms with E-state index in [1.807, 2.05) is 66.4 Å². The number of piperidine rings is 1. The van der Waals surface area contributed by atoms with Crippen LogP contribution in [0.25, 0.3) is 21.9 Å². The molecule has 0 bridgehead atoms. The zero-order valence-corrected chi connectivity index (χ0v) is 17.5. The average molecular weight is 415 g/mol. The molecular formula is C25H25N3O3. The van der Waals surface area contributed by atoms with Gasteiger partial charge >= 0.3 is 0 Å². The number of carbonyl (C=O) groups is 2. The highest BCUT2D eigenvalue weighted by Gasteiger charge is 2.25. The first kappa shape index (κ1) is 19.4. The van der Waals surface area contributed by atoms with Crippen molar-refractivity contribution in [3.8, 4) is 0 Å². The topological polar surface area (TPSA) is 78.3 Å². The van der Waals surface area contributed by atoms with Crippen LogP contribution in [-0.4, -0.2) is 41.3 Å². The van der Waals surface area contributed by atoms with Gasteiger partial charge in [0.1, 0.15) is 17.0 Å². The predicted octanol–water partition coefficient (Wildman–Crippen LogP) is 4.50. The second kappa shape index (κ2) is 7.95. The fourth-order valence-corrected chi connectivity index (χ4v) is 4.44. The van der Waals surface area contributed by atoms with Gasteiger partial charge in [0.15, 0.2) is 0 Å². The van der Waals surface area contributed by atoms with Crippen molar-refractivity contribution in [2.24, 2.45) is 5.92 Å². The maximum atomic E-state index is 13.1. The molecule has 5 rings (SSSR count). The summed E-state index contributed by atoms with van der Waals surface area (Å²) in [6.45, 7) is 3.85. The summed E-state index contributed by atoms with van der Waals surface area (Å²) in [5.41, 5.74) is 2.99. The van der Waals surface area contributed by atoms with Gasteiger partial charge in [-0.25, -0.2) is 0 Å². The molecule has 0 radical (unpaired) electrons. The summed E-state index contributed by atoms with van der Waals surface area (Å²) in [5.74, 6) is 1.00. The van der Waals surface area contributed by atoms with E-state index in [1.165, 1.54) is 0 Å². The molecule has 2 N–H and O–H groups in total. The number of aryl methyl sites for hydroxylation is 1. The van der Waals surface area contributed by atoms with Crippen LogP contribution in [0.1, 0.15) is 39.4 Å². The van der Waals surface area contributed by atoms with Gasteiger partial charge in [-0.2, -0.15) is 0 Å². The molecule has 1 aliphatic heterocycles. The second-order valence-electron chi connectivity index (χ2n) is 8.35. The second-order valence-corrected chi connectivity index (χ2v) is 8.35. The SMILES string of the molecule is Cc1cc2cc(C(=O)N3CCC[C@H](CNC(=O)c4cc5ccccc5[nH]4)C3)ccc2o1. The lowest BCUT2D eigenvalue weighted by molar-refractivity contribution is 0.0671. The molecule has 1 fully saturated rings. The number of carbonyl (C=O) groups excluding carboxylic acids is 2. The Balaban J connectivity index is 1.22. The first-order valence-corrected chi connectivity index (χ1v) is 10.7. The predicted molar refractivity (Wildman–Crippen MR) is 120 cm³/mol. The maximum Gasteiger partial charge on any atom is 0.267 e. The van der Waals surface area contributed by atoms with Crippen molar-refractivity contribution in [1.82, 2.24) is 15.2 Å². The molecule has 1 atom stereocenters. The lowest BCUT2D eigenvalue weighted by Gasteiger charge is -2.33. The number of nitrogens with one attached hydrogen (secondary N) is 2. The Morgan fingerprint density at radius 2 is 2.00 bits per heavy atom. The molecule has 0 unspecified atom stereocenters. The Morgan fingerprint density at radius 1 is 1.13 bits per heavy atom. The molecule has 1 saturated heterocycles. The number of aromatic amines is 1. The smallest absolute Gasteiger partial charge is 0.267 e. The van der Waals surface area contributed by atoms with Crippen LogP contribution < -0.4 is 5.32 Å². The van der Waals surface area contributed by atoms with Gasteiger partial charge in [-0.15, -0.1) is 0 Å². The minimum atomic E-state index is -0.111. The van der Waals surface area contributed by atoms with E-state index in [4.69, 9.17) is 4.42 Å². The monoisotopic (exact) mass is 415 g/mol. The first-order valence-electron chi connectivity index (χ1n) is 10.7. The quantitative estimate of drug-likeness (QED) is 0.515. The number of para-hydroxylation sites is 1. The molecule has 2 aromatic carbocycles. The summed E-state index contributed by atoms with van der Waals surface area (Å²) < 4.78 is 5.61. The molecule has 6 heteroatoms. The third kappa shape index (κ3) is 3.93. The van der Waals surface area contributed by atoms with Crippen molar-refractivity contribution in [3.63, 3.8) is 0 Å². The molecule has 0 spiro atoms. The number of aromatic nitrogens is 1. The summed E-state index contributed by atoms with van der Waals surface area (Å²) in [4.78, 5) is 30.7. The molecule has 6 nitrogen and oxygen atoms in total. The Kier molecular flexibility index (Phi) is 4.98. The van der Waals surface area contributed by atoms with Gasteiger partial charge in [-0.05, 0) is 62.1 Å². The van der Waals surface area contributed by atoms with Gasteiger partial charge in [0.2, 0.25) is 0 Å². The van der Waals surface area contributed by atoms with Crippen LogP contribution in [0.4, 0.5) is 0 Å². The highest BCUT2D eigenvalue weighted by atomic mass is 16.3. The minimum Gasteiger partial charge on any atom is -0.461 e. The van der Waals surface area contributed by atoms with E-state index < -0.39 is 0 Å². The number of amides is 2. The standard InChI is InChI=1S/C25H25N3O3/c1-16-11-20-12-19(8-9-23(20)31-16)25(30)28-10-4-5-17(15-28)14-26-24(29)22-13-18-6-2-3-7-21(18)27-22/h2-3,6-9,11-13,17,27H,4-5,10,14-15H2,1H3,(H,26,29)/t17-/m1/s1. The zero-order valence-electron chi connectivity index (χ0n) is 17.5. The number of H-pyrrole nitrogens is 1. The molecule has 2 aromatic heterocycles. The number of benzene rings is 2. The number of furan rings is 1. The highest BCUT2D eigenvalue weighted by Crippen LogP contribution is 2.23. The summed E-state index contributed by atoms with van der Waals surface area (Å²) >= 11 is 0. The third-order valence-corrected chi connectivity index (χ3v) is 6.02. The van der Waals surface area contributed by atoms with E-state index in [2.05, 4.69) is 10.3 Å². The fraction of sp³-hybridized carbons (Fsp3) is 0.280. The molecule has 2 amide bonds. The lowest BCUT2D eigenvalue weighted by Crippen LogP contribution is -2.43. The summed E-state index contributed by atoms with van der Waals surface area (Å²) in [7, 11) is 0. The normalized spacial score (nSPS) is 16.7. The van der Waals surface area contributed by atoms with Crippen molar-refractivity contribution in [2.45, 2.75) is 19.8 Å². The number of rotatable bonds is 4. The number of hydrogen-bond donors (Lipinski definition) is 2. The van der Waals surface area contributed by atoms with Crippen LogP contribution in [0.2, 0.25) is 0 Å². The number of likely N-dealkylation sites (tertiary alicyclic amines) is 1. The summed E-state index contributed by atoms with van der Waals surface area (Å²) in [6.07, 6.45) is 1.93. The maximum absolute atomic E-state index is 13.1. The molecular weight excluding hydrogens is 390 g/mol. The van der Waals surface area contributed by atoms with Gasteiger partial charge in [0, 0.05) is 41.5 Å². The van der Waals surface area contributed by atoms with Crippen molar-refractivity contribution in [2.75, 3.05) is 19.6 Å². The van der Waals surface area contributed by atoms with E-state index in [9.17, 15) is 9.59 Å². The van der Waals surface area contributed by atoms with Crippen LogP contribution in [0.15, 0.2) is 59.0 Å². The van der Waals surface area contributed by atoms with Crippen molar-refractivity contribution >= 4 is 33.7 Å². The zero-order chi connectivity index (χ0) is 21.4. The fourth-order valence-electron chi connectivity index (χ4n) is 4.44. The van der Waals surface area contributed by atoms with Gasteiger partial charge in [-0.1, -0.05) is 18.2 Å². The largest absolute Gasteiger partial charge is 0.461 e. The van der Waals surface area contributed by atoms with Crippen molar-refractivity contribution in [3.05, 3.63) is 71.6 Å². The van der Waals surface area contributed by atoms with E-state index >= 15 is 0 Å². The molecule has 4 aromatic rings. The van der Waals surface area contributed by atoms with E-state index in [0.29, 0.717) is 24.3 Å². The molecule has 158 valence electrons. The van der Waals surface area contributed by atoms with Gasteiger partial charge in [0.25, 0.3) is 11.8 Å². The highest BCUT2D eigenvalue weighted by molar-refractivity contribution is 5.98. The third-order valence-electron chi connectivity index (χ3n) is 6.02. The van der Waals surface area contributed by atoms with Crippen LogP contribution in [0.5, 0.6) is 0 Å². The van der Waals surface area contributed by atoms with Crippen LogP contribution in [0.3, 0.4) is 0 Å². The van der Waals surface area contributed by atoms with Crippen LogP contribution in [-0.2, 0) is 0 Å². The molecule has 1 aliphatic rings. The van der Waals surface area contributed by atoms with Crippen LogP contribution >= 0.6 is 0 Å². The van der Waals surface area contributed by atoms with E-state index in [1.54, 1.807) is 0 Å². The molecule has 0 saturated carbocycles. The number of nitrogens with zero attached hydrogens (tertiary/aromatic N) is 1. The Hall–Kier alpha value is -3.54. The average Bonchev–Trinajstić information content (AvgIpc) is 3.39. The number of hydrogen-bond acceptors (Lipinski definition) is 3. The van der Waals surface area contributed by atoms with E-state index in [-0.39, 0.29) is 17.7 Å². The Bertz CT molecular complexity index is 1240.